The summed E-state index contributed by atoms with van der Waals surface area (Å²) in [5.74, 6) is 1.78. The zero-order valence-corrected chi connectivity index (χ0v) is 14.2. The van der Waals surface area contributed by atoms with Crippen molar-refractivity contribution >= 4 is 29.2 Å². The van der Waals surface area contributed by atoms with Crippen molar-refractivity contribution in [1.82, 2.24) is 9.97 Å². The van der Waals surface area contributed by atoms with Gasteiger partial charge in [-0.05, 0) is 32.4 Å². The third-order valence-electron chi connectivity index (χ3n) is 3.93. The van der Waals surface area contributed by atoms with E-state index in [1.165, 1.54) is 25.7 Å². The number of anilines is 1. The Hall–Kier alpha value is -0.480. The molecule has 5 heteroatoms. The Kier molecular flexibility index (Phi) is 5.97. The van der Waals surface area contributed by atoms with Gasteiger partial charge in [0.05, 0.1) is 0 Å². The molecule has 1 fully saturated rings. The monoisotopic (exact) mass is 313 g/mol. The van der Waals surface area contributed by atoms with Gasteiger partial charge in [0.2, 0.25) is 0 Å². The molecule has 20 heavy (non-hydrogen) atoms. The molecule has 1 aliphatic rings. The molecule has 1 saturated carbocycles. The maximum absolute atomic E-state index is 6.25. The Morgan fingerprint density at radius 3 is 2.75 bits per heavy atom. The van der Waals surface area contributed by atoms with E-state index in [9.17, 15) is 0 Å². The summed E-state index contributed by atoms with van der Waals surface area (Å²) >= 11 is 8.21. The third kappa shape index (κ3) is 3.79. The molecule has 1 aromatic rings. The van der Waals surface area contributed by atoms with E-state index < -0.39 is 0 Å². The van der Waals surface area contributed by atoms with Crippen LogP contribution in [-0.4, -0.2) is 27.5 Å². The average molecular weight is 314 g/mol. The highest BCUT2D eigenvalue weighted by Crippen LogP contribution is 2.30. The van der Waals surface area contributed by atoms with Crippen LogP contribution < -0.4 is 5.32 Å². The van der Waals surface area contributed by atoms with Gasteiger partial charge < -0.3 is 5.32 Å². The van der Waals surface area contributed by atoms with Gasteiger partial charge in [-0.2, -0.15) is 11.8 Å². The van der Waals surface area contributed by atoms with Gasteiger partial charge in [0.25, 0.3) is 0 Å². The molecule has 0 aromatic carbocycles. The SMILES string of the molecule is CCCc1nc(Cl)c(C)c(NC2CCCCC2SC)n1. The van der Waals surface area contributed by atoms with E-state index in [0.717, 1.165) is 30.0 Å². The number of rotatable bonds is 5. The van der Waals surface area contributed by atoms with E-state index in [0.29, 0.717) is 16.4 Å². The van der Waals surface area contributed by atoms with E-state index in [2.05, 4.69) is 28.5 Å². The van der Waals surface area contributed by atoms with Crippen LogP contribution in [-0.2, 0) is 6.42 Å². The Labute approximate surface area is 131 Å². The van der Waals surface area contributed by atoms with Crippen LogP contribution in [0.25, 0.3) is 0 Å². The highest BCUT2D eigenvalue weighted by atomic mass is 35.5. The molecule has 0 saturated heterocycles. The van der Waals surface area contributed by atoms with Gasteiger partial charge in [-0.25, -0.2) is 9.97 Å². The standard InChI is InChI=1S/C15H24ClN3S/c1-4-7-13-18-14(16)10(2)15(19-13)17-11-8-5-6-9-12(11)20-3/h11-12H,4-9H2,1-3H3,(H,17,18,19). The van der Waals surface area contributed by atoms with Crippen LogP contribution in [0.2, 0.25) is 5.15 Å². The maximum atomic E-state index is 6.25. The van der Waals surface area contributed by atoms with E-state index in [4.69, 9.17) is 11.6 Å². The fourth-order valence-corrected chi connectivity index (χ4v) is 3.85. The second-order valence-electron chi connectivity index (χ2n) is 5.46. The molecule has 112 valence electrons. The fourth-order valence-electron chi connectivity index (χ4n) is 2.73. The normalized spacial score (nSPS) is 22.8. The summed E-state index contributed by atoms with van der Waals surface area (Å²) in [6.45, 7) is 4.13. The summed E-state index contributed by atoms with van der Waals surface area (Å²) in [4.78, 5) is 9.03. The van der Waals surface area contributed by atoms with Crippen molar-refractivity contribution in [3.8, 4) is 0 Å². The van der Waals surface area contributed by atoms with Crippen LogP contribution in [0, 0.1) is 6.92 Å². The van der Waals surface area contributed by atoms with E-state index in [1.807, 2.05) is 18.7 Å². The number of aryl methyl sites for hydroxylation is 1. The lowest BCUT2D eigenvalue weighted by atomic mass is 9.95. The molecule has 0 amide bonds. The molecule has 0 spiro atoms. The summed E-state index contributed by atoms with van der Waals surface area (Å²) in [7, 11) is 0. The summed E-state index contributed by atoms with van der Waals surface area (Å²) in [5, 5.41) is 4.89. The highest BCUT2D eigenvalue weighted by Gasteiger charge is 2.25. The second-order valence-corrected chi connectivity index (χ2v) is 6.90. The Morgan fingerprint density at radius 2 is 2.05 bits per heavy atom. The molecule has 0 bridgehead atoms. The third-order valence-corrected chi connectivity index (χ3v) is 5.47. The zero-order valence-electron chi connectivity index (χ0n) is 12.6. The molecule has 3 nitrogen and oxygen atoms in total. The van der Waals surface area contributed by atoms with Gasteiger partial charge in [-0.1, -0.05) is 31.4 Å². The summed E-state index contributed by atoms with van der Waals surface area (Å²) in [5.41, 5.74) is 0.969. The molecule has 0 aliphatic heterocycles. The highest BCUT2D eigenvalue weighted by molar-refractivity contribution is 7.99. The maximum Gasteiger partial charge on any atom is 0.137 e. The van der Waals surface area contributed by atoms with Gasteiger partial charge in [-0.15, -0.1) is 0 Å². The number of hydrogen-bond donors (Lipinski definition) is 1. The van der Waals surface area contributed by atoms with E-state index >= 15 is 0 Å². The van der Waals surface area contributed by atoms with Crippen LogP contribution in [0.1, 0.15) is 50.4 Å². The smallest absolute Gasteiger partial charge is 0.137 e. The average Bonchev–Trinajstić information content (AvgIpc) is 2.45. The molecular formula is C15H24ClN3S. The van der Waals surface area contributed by atoms with E-state index in [1.54, 1.807) is 0 Å². The van der Waals surface area contributed by atoms with Gasteiger partial charge in [0.1, 0.15) is 16.8 Å². The first-order valence-electron chi connectivity index (χ1n) is 7.48. The molecule has 1 heterocycles. The number of nitrogens with zero attached hydrogens (tertiary/aromatic N) is 2. The molecule has 2 rings (SSSR count). The van der Waals surface area contributed by atoms with Crippen molar-refractivity contribution in [2.75, 3.05) is 11.6 Å². The predicted octanol–water partition coefficient (Wildman–Crippen LogP) is 4.48. The lowest BCUT2D eigenvalue weighted by Gasteiger charge is -2.31. The van der Waals surface area contributed by atoms with Crippen LogP contribution >= 0.6 is 23.4 Å². The molecule has 2 unspecified atom stereocenters. The largest absolute Gasteiger partial charge is 0.366 e. The van der Waals surface area contributed by atoms with E-state index in [-0.39, 0.29) is 0 Å². The van der Waals surface area contributed by atoms with Crippen LogP contribution in [0.15, 0.2) is 0 Å². The van der Waals surface area contributed by atoms with Crippen LogP contribution in [0.5, 0.6) is 0 Å². The number of halogens is 1. The molecule has 0 radical (unpaired) electrons. The minimum absolute atomic E-state index is 0.498. The van der Waals surface area contributed by atoms with Crippen molar-refractivity contribution in [2.24, 2.45) is 0 Å². The summed E-state index contributed by atoms with van der Waals surface area (Å²) in [6.07, 6.45) is 9.27. The Bertz CT molecular complexity index is 453. The van der Waals surface area contributed by atoms with Crippen molar-refractivity contribution in [1.29, 1.82) is 0 Å². The fraction of sp³-hybridized carbons (Fsp3) is 0.733. The molecule has 1 aromatic heterocycles. The number of nitrogens with one attached hydrogen (secondary N) is 1. The Balaban J connectivity index is 2.18. The van der Waals surface area contributed by atoms with Gasteiger partial charge in [-0.3, -0.25) is 0 Å². The van der Waals surface area contributed by atoms with Crippen molar-refractivity contribution in [3.63, 3.8) is 0 Å². The number of hydrogen-bond acceptors (Lipinski definition) is 4. The molecule has 2 atom stereocenters. The molecule has 1 N–H and O–H groups in total. The van der Waals surface area contributed by atoms with Gasteiger partial charge >= 0.3 is 0 Å². The quantitative estimate of drug-likeness (QED) is 0.813. The van der Waals surface area contributed by atoms with Gasteiger partial charge in [0, 0.05) is 23.3 Å². The van der Waals surface area contributed by atoms with Crippen molar-refractivity contribution < 1.29 is 0 Å². The topological polar surface area (TPSA) is 37.8 Å². The van der Waals surface area contributed by atoms with Crippen LogP contribution in [0.3, 0.4) is 0 Å². The minimum Gasteiger partial charge on any atom is -0.366 e. The van der Waals surface area contributed by atoms with Gasteiger partial charge in [0.15, 0.2) is 0 Å². The first kappa shape index (κ1) is 15.9. The summed E-state index contributed by atoms with van der Waals surface area (Å²) < 4.78 is 0. The Morgan fingerprint density at radius 1 is 1.30 bits per heavy atom. The molecule has 1 aliphatic carbocycles. The number of thioether (sulfide) groups is 1. The summed E-state index contributed by atoms with van der Waals surface area (Å²) in [6, 6.07) is 0.498. The lowest BCUT2D eigenvalue weighted by molar-refractivity contribution is 0.474. The lowest BCUT2D eigenvalue weighted by Crippen LogP contribution is -2.35. The number of aromatic nitrogens is 2. The first-order chi connectivity index (χ1) is 9.65. The zero-order chi connectivity index (χ0) is 14.5. The molecular weight excluding hydrogens is 290 g/mol. The minimum atomic E-state index is 0.498. The first-order valence-corrected chi connectivity index (χ1v) is 9.14. The van der Waals surface area contributed by atoms with Crippen LogP contribution in [0.4, 0.5) is 5.82 Å². The van der Waals surface area contributed by atoms with Crippen molar-refractivity contribution in [2.45, 2.75) is 63.7 Å². The predicted molar refractivity (Wildman–Crippen MR) is 89.0 cm³/mol. The second kappa shape index (κ2) is 7.51. The van der Waals surface area contributed by atoms with Crippen molar-refractivity contribution in [3.05, 3.63) is 16.5 Å².